The predicted octanol–water partition coefficient (Wildman–Crippen LogP) is 1.88. The van der Waals surface area contributed by atoms with Gasteiger partial charge in [0.1, 0.15) is 0 Å². The van der Waals surface area contributed by atoms with E-state index in [0.717, 1.165) is 27.8 Å². The molecule has 0 aliphatic carbocycles. The van der Waals surface area contributed by atoms with Gasteiger partial charge in [0.2, 0.25) is 20.0 Å². The number of sulfonamides is 2. The van der Waals surface area contributed by atoms with Crippen LogP contribution in [0, 0.1) is 34.6 Å². The lowest BCUT2D eigenvalue weighted by Gasteiger charge is -2.34. The van der Waals surface area contributed by atoms with Crippen molar-refractivity contribution in [1.29, 1.82) is 0 Å². The van der Waals surface area contributed by atoms with Crippen LogP contribution in [-0.2, 0) is 20.0 Å². The molecule has 0 atom stereocenters. The van der Waals surface area contributed by atoms with E-state index < -0.39 is 20.0 Å². The highest BCUT2D eigenvalue weighted by atomic mass is 32.2. The quantitative estimate of drug-likeness (QED) is 0.789. The Balaban J connectivity index is 2.40. The van der Waals surface area contributed by atoms with Crippen molar-refractivity contribution in [3.05, 3.63) is 27.8 Å². The van der Waals surface area contributed by atoms with Gasteiger partial charge in [-0.2, -0.15) is 8.61 Å². The number of benzene rings is 1. The SMILES string of the molecule is CCS(=O)(=O)N1CCN(S(=O)(=O)c2c(C)c(C)c(C)c(C)c2C)CC1. The molecular formula is C17H28N2O4S2. The highest BCUT2D eigenvalue weighted by Crippen LogP contribution is 2.32. The van der Waals surface area contributed by atoms with E-state index in [0.29, 0.717) is 4.90 Å². The van der Waals surface area contributed by atoms with Gasteiger partial charge in [-0.15, -0.1) is 0 Å². The maximum atomic E-state index is 13.2. The number of nitrogens with zero attached hydrogens (tertiary/aromatic N) is 2. The van der Waals surface area contributed by atoms with E-state index >= 15 is 0 Å². The second-order valence-electron chi connectivity index (χ2n) is 6.66. The number of piperazine rings is 1. The minimum Gasteiger partial charge on any atom is -0.212 e. The first-order valence-corrected chi connectivity index (χ1v) is 11.5. The fourth-order valence-corrected chi connectivity index (χ4v) is 6.42. The summed E-state index contributed by atoms with van der Waals surface area (Å²) < 4.78 is 53.2. The summed E-state index contributed by atoms with van der Waals surface area (Å²) in [5, 5.41) is 0. The average Bonchev–Trinajstić information content (AvgIpc) is 2.58. The van der Waals surface area contributed by atoms with Gasteiger partial charge in [0, 0.05) is 26.2 Å². The van der Waals surface area contributed by atoms with Crippen LogP contribution in [0.5, 0.6) is 0 Å². The van der Waals surface area contributed by atoms with Gasteiger partial charge >= 0.3 is 0 Å². The van der Waals surface area contributed by atoms with Crippen molar-refractivity contribution in [1.82, 2.24) is 8.61 Å². The molecule has 1 fully saturated rings. The Bertz CT molecular complexity index is 853. The van der Waals surface area contributed by atoms with E-state index in [1.807, 2.05) is 34.6 Å². The molecule has 142 valence electrons. The Morgan fingerprint density at radius 2 is 1.04 bits per heavy atom. The Kier molecular flexibility index (Phi) is 5.68. The summed E-state index contributed by atoms with van der Waals surface area (Å²) in [5.74, 6) is 0.0360. The second-order valence-corrected chi connectivity index (χ2v) is 10.8. The minimum atomic E-state index is -3.65. The van der Waals surface area contributed by atoms with Crippen molar-refractivity contribution in [3.8, 4) is 0 Å². The second kappa shape index (κ2) is 6.98. The van der Waals surface area contributed by atoms with E-state index in [-0.39, 0.29) is 31.9 Å². The lowest BCUT2D eigenvalue weighted by Crippen LogP contribution is -2.51. The van der Waals surface area contributed by atoms with E-state index in [4.69, 9.17) is 0 Å². The first-order chi connectivity index (χ1) is 11.4. The zero-order valence-corrected chi connectivity index (χ0v) is 17.5. The smallest absolute Gasteiger partial charge is 0.212 e. The molecule has 0 aromatic heterocycles. The van der Waals surface area contributed by atoms with Crippen LogP contribution >= 0.6 is 0 Å². The third-order valence-electron chi connectivity index (χ3n) is 5.48. The van der Waals surface area contributed by atoms with Crippen molar-refractivity contribution >= 4 is 20.0 Å². The van der Waals surface area contributed by atoms with Gasteiger partial charge < -0.3 is 0 Å². The van der Waals surface area contributed by atoms with Gasteiger partial charge in [0.05, 0.1) is 10.6 Å². The molecule has 2 rings (SSSR count). The molecule has 0 radical (unpaired) electrons. The zero-order valence-electron chi connectivity index (χ0n) is 15.9. The normalized spacial score (nSPS) is 17.8. The summed E-state index contributed by atoms with van der Waals surface area (Å²) in [6.45, 7) is 12.0. The summed E-state index contributed by atoms with van der Waals surface area (Å²) in [6.07, 6.45) is 0. The van der Waals surface area contributed by atoms with Crippen molar-refractivity contribution in [3.63, 3.8) is 0 Å². The predicted molar refractivity (Wildman–Crippen MR) is 99.9 cm³/mol. The van der Waals surface area contributed by atoms with E-state index in [1.165, 1.54) is 8.61 Å². The monoisotopic (exact) mass is 388 g/mol. The topological polar surface area (TPSA) is 74.8 Å². The molecule has 0 amide bonds. The molecule has 0 bridgehead atoms. The maximum Gasteiger partial charge on any atom is 0.243 e. The van der Waals surface area contributed by atoms with Crippen LogP contribution < -0.4 is 0 Å². The van der Waals surface area contributed by atoms with Gasteiger partial charge in [-0.25, -0.2) is 16.8 Å². The van der Waals surface area contributed by atoms with Gasteiger partial charge in [-0.3, -0.25) is 0 Å². The standard InChI is InChI=1S/C17H28N2O4S2/c1-7-24(20,21)18-8-10-19(11-9-18)25(22,23)17-15(5)13(3)12(2)14(4)16(17)6/h7-11H2,1-6H3. The lowest BCUT2D eigenvalue weighted by atomic mass is 9.95. The first-order valence-electron chi connectivity index (χ1n) is 8.50. The summed E-state index contributed by atoms with van der Waals surface area (Å²) in [6, 6.07) is 0. The fraction of sp³-hybridized carbons (Fsp3) is 0.647. The first kappa shape index (κ1) is 20.4. The maximum absolute atomic E-state index is 13.2. The molecule has 1 heterocycles. The summed E-state index contributed by atoms with van der Waals surface area (Å²) in [5.41, 5.74) is 4.67. The molecule has 0 spiro atoms. The molecule has 1 aliphatic rings. The molecule has 25 heavy (non-hydrogen) atoms. The Morgan fingerprint density at radius 1 is 0.680 bits per heavy atom. The van der Waals surface area contributed by atoms with Crippen molar-refractivity contribution < 1.29 is 16.8 Å². The minimum absolute atomic E-state index is 0.0360. The fourth-order valence-electron chi connectivity index (χ4n) is 3.35. The third-order valence-corrected chi connectivity index (χ3v) is 9.54. The molecular weight excluding hydrogens is 360 g/mol. The molecule has 1 aliphatic heterocycles. The van der Waals surface area contributed by atoms with Crippen LogP contribution in [0.1, 0.15) is 34.7 Å². The largest absolute Gasteiger partial charge is 0.243 e. The summed E-state index contributed by atoms with van der Waals surface area (Å²) >= 11 is 0. The van der Waals surface area contributed by atoms with Crippen LogP contribution in [0.25, 0.3) is 0 Å². The lowest BCUT2D eigenvalue weighted by molar-refractivity contribution is 0.273. The molecule has 0 saturated carbocycles. The molecule has 8 heteroatoms. The highest BCUT2D eigenvalue weighted by Gasteiger charge is 2.34. The number of hydrogen-bond donors (Lipinski definition) is 0. The average molecular weight is 389 g/mol. The van der Waals surface area contributed by atoms with Gasteiger partial charge in [0.15, 0.2) is 0 Å². The third kappa shape index (κ3) is 3.49. The molecule has 1 saturated heterocycles. The van der Waals surface area contributed by atoms with Crippen LogP contribution in [0.4, 0.5) is 0 Å². The van der Waals surface area contributed by atoms with Crippen LogP contribution in [0.15, 0.2) is 4.90 Å². The van der Waals surface area contributed by atoms with Crippen molar-refractivity contribution in [2.24, 2.45) is 0 Å². The van der Waals surface area contributed by atoms with Gasteiger partial charge in [0.25, 0.3) is 0 Å². The number of rotatable bonds is 4. The van der Waals surface area contributed by atoms with Crippen molar-refractivity contribution in [2.75, 3.05) is 31.9 Å². The van der Waals surface area contributed by atoms with Crippen LogP contribution in [-0.4, -0.2) is 57.4 Å². The highest BCUT2D eigenvalue weighted by molar-refractivity contribution is 7.89. The van der Waals surface area contributed by atoms with Gasteiger partial charge in [-0.05, 0) is 69.4 Å². The molecule has 1 aromatic carbocycles. The molecule has 0 unspecified atom stereocenters. The Hall–Kier alpha value is -0.960. The summed E-state index contributed by atoms with van der Waals surface area (Å²) in [4.78, 5) is 0.375. The van der Waals surface area contributed by atoms with Gasteiger partial charge in [-0.1, -0.05) is 0 Å². The zero-order chi connectivity index (χ0) is 19.2. The number of hydrogen-bond acceptors (Lipinski definition) is 4. The van der Waals surface area contributed by atoms with Crippen molar-refractivity contribution in [2.45, 2.75) is 46.4 Å². The van der Waals surface area contributed by atoms with E-state index in [9.17, 15) is 16.8 Å². The Labute approximate surface area is 151 Å². The van der Waals surface area contributed by atoms with E-state index in [2.05, 4.69) is 0 Å². The molecule has 0 N–H and O–H groups in total. The summed E-state index contributed by atoms with van der Waals surface area (Å²) in [7, 11) is -6.93. The molecule has 1 aromatic rings. The van der Waals surface area contributed by atoms with Crippen LogP contribution in [0.2, 0.25) is 0 Å². The Morgan fingerprint density at radius 3 is 1.44 bits per heavy atom. The molecule has 6 nitrogen and oxygen atoms in total. The van der Waals surface area contributed by atoms with Crippen LogP contribution in [0.3, 0.4) is 0 Å². The van der Waals surface area contributed by atoms with E-state index in [1.54, 1.807) is 6.92 Å².